The smallest absolute Gasteiger partial charge is 0.162 e. The maximum atomic E-state index is 12.3. The summed E-state index contributed by atoms with van der Waals surface area (Å²) >= 11 is 0. The fraction of sp³-hybridized carbons (Fsp3) is 0.688. The molecule has 0 aromatic rings. The Morgan fingerprint density at radius 3 is 2.84 bits per heavy atom. The van der Waals surface area contributed by atoms with E-state index in [9.17, 15) is 9.18 Å². The monoisotopic (exact) mass is 267 g/mol. The van der Waals surface area contributed by atoms with Crippen LogP contribution in [0, 0.1) is 5.92 Å². The molecule has 0 fully saturated rings. The van der Waals surface area contributed by atoms with Crippen LogP contribution in [-0.4, -0.2) is 19.5 Å². The molecule has 0 spiro atoms. The summed E-state index contributed by atoms with van der Waals surface area (Å²) in [4.78, 5) is 12.0. The molecule has 19 heavy (non-hydrogen) atoms. The van der Waals surface area contributed by atoms with Gasteiger partial charge in [-0.3, -0.25) is 9.18 Å². The van der Waals surface area contributed by atoms with Crippen molar-refractivity contribution in [2.75, 3.05) is 13.7 Å². The number of carbonyl (C=O) groups excluding carboxylic acids is 1. The molecule has 0 saturated carbocycles. The molecular formula is C16H26FNO. The summed E-state index contributed by atoms with van der Waals surface area (Å²) in [6.45, 7) is 5.75. The molecule has 108 valence electrons. The Bertz CT molecular complexity index is 360. The fourth-order valence-electron chi connectivity index (χ4n) is 2.75. The number of ketones is 1. The zero-order valence-corrected chi connectivity index (χ0v) is 12.2. The molecule has 1 rings (SSSR count). The van der Waals surface area contributed by atoms with Crippen LogP contribution in [0.15, 0.2) is 23.4 Å². The van der Waals surface area contributed by atoms with Gasteiger partial charge in [0.15, 0.2) is 5.78 Å². The Hall–Kier alpha value is -1.12. The number of carbonyl (C=O) groups is 1. The largest absolute Gasteiger partial charge is 0.391 e. The topological polar surface area (TPSA) is 29.1 Å². The zero-order chi connectivity index (χ0) is 14.3. The van der Waals surface area contributed by atoms with Gasteiger partial charge >= 0.3 is 0 Å². The Balaban J connectivity index is 2.77. The number of halogens is 1. The van der Waals surface area contributed by atoms with Gasteiger partial charge in [-0.2, -0.15) is 0 Å². The van der Waals surface area contributed by atoms with Gasteiger partial charge in [-0.05, 0) is 50.0 Å². The van der Waals surface area contributed by atoms with Gasteiger partial charge in [-0.25, -0.2) is 0 Å². The molecule has 1 N–H and O–H groups in total. The van der Waals surface area contributed by atoms with Gasteiger partial charge in [0, 0.05) is 24.7 Å². The first kappa shape index (κ1) is 15.9. The van der Waals surface area contributed by atoms with Crippen LogP contribution >= 0.6 is 0 Å². The van der Waals surface area contributed by atoms with Crippen LogP contribution in [-0.2, 0) is 4.79 Å². The Morgan fingerprint density at radius 2 is 2.26 bits per heavy atom. The number of nitrogens with one attached hydrogen (secondary N) is 1. The van der Waals surface area contributed by atoms with Crippen LogP contribution in [0.1, 0.15) is 51.9 Å². The number of hydrogen-bond acceptors (Lipinski definition) is 2. The fourth-order valence-corrected chi connectivity index (χ4v) is 2.75. The molecule has 1 atom stereocenters. The highest BCUT2D eigenvalue weighted by Gasteiger charge is 2.24. The molecule has 3 heteroatoms. The van der Waals surface area contributed by atoms with E-state index in [4.69, 9.17) is 0 Å². The summed E-state index contributed by atoms with van der Waals surface area (Å²) in [5.41, 5.74) is 2.89. The predicted molar refractivity (Wildman–Crippen MR) is 77.7 cm³/mol. The summed E-state index contributed by atoms with van der Waals surface area (Å²) < 4.78 is 12.3. The maximum absolute atomic E-state index is 12.3. The lowest BCUT2D eigenvalue weighted by Gasteiger charge is -2.28. The van der Waals surface area contributed by atoms with E-state index in [1.165, 1.54) is 0 Å². The highest BCUT2D eigenvalue weighted by atomic mass is 19.1. The van der Waals surface area contributed by atoms with Crippen LogP contribution < -0.4 is 5.32 Å². The van der Waals surface area contributed by atoms with Gasteiger partial charge in [-0.1, -0.05) is 13.5 Å². The first-order valence-electron chi connectivity index (χ1n) is 7.32. The van der Waals surface area contributed by atoms with E-state index in [1.54, 1.807) is 0 Å². The number of hydrogen-bond donors (Lipinski definition) is 1. The van der Waals surface area contributed by atoms with Crippen molar-refractivity contribution in [3.8, 4) is 0 Å². The van der Waals surface area contributed by atoms with Crippen LogP contribution in [0.3, 0.4) is 0 Å². The van der Waals surface area contributed by atoms with E-state index >= 15 is 0 Å². The molecule has 0 aliphatic heterocycles. The second-order valence-corrected chi connectivity index (χ2v) is 5.30. The third-order valence-corrected chi connectivity index (χ3v) is 3.89. The number of allylic oxidation sites excluding steroid dienone is 3. The first-order chi connectivity index (χ1) is 9.13. The van der Waals surface area contributed by atoms with Gasteiger partial charge < -0.3 is 5.32 Å². The normalized spacial score (nSPS) is 19.4. The summed E-state index contributed by atoms with van der Waals surface area (Å²) in [5.74, 6) is 0.644. The SMILES string of the molecule is C=C(C(=O)CCC)C1=C(NC)CCC(CCCF)C1. The van der Waals surface area contributed by atoms with Gasteiger partial charge in [-0.15, -0.1) is 0 Å². The van der Waals surface area contributed by atoms with E-state index in [1.807, 2.05) is 14.0 Å². The standard InChI is InChI=1S/C16H26FNO/c1-4-6-16(19)12(2)14-11-13(7-5-10-17)8-9-15(14)18-3/h13,18H,2,4-11H2,1,3H3. The number of alkyl halides is 1. The highest BCUT2D eigenvalue weighted by Crippen LogP contribution is 2.34. The van der Waals surface area contributed by atoms with Gasteiger partial charge in [0.05, 0.1) is 6.67 Å². The minimum absolute atomic E-state index is 0.149. The van der Waals surface area contributed by atoms with Crippen molar-refractivity contribution in [3.63, 3.8) is 0 Å². The van der Waals surface area contributed by atoms with Crippen LogP contribution in [0.2, 0.25) is 0 Å². The van der Waals surface area contributed by atoms with E-state index in [0.29, 0.717) is 24.3 Å². The average Bonchev–Trinajstić information content (AvgIpc) is 2.44. The van der Waals surface area contributed by atoms with E-state index in [2.05, 4.69) is 11.9 Å². The lowest BCUT2D eigenvalue weighted by atomic mass is 9.80. The van der Waals surface area contributed by atoms with Crippen molar-refractivity contribution < 1.29 is 9.18 Å². The molecule has 0 aromatic carbocycles. The van der Waals surface area contributed by atoms with Gasteiger partial charge in [0.2, 0.25) is 0 Å². The third-order valence-electron chi connectivity index (χ3n) is 3.89. The molecular weight excluding hydrogens is 241 g/mol. The minimum Gasteiger partial charge on any atom is -0.391 e. The minimum atomic E-state index is -0.246. The van der Waals surface area contributed by atoms with Crippen molar-refractivity contribution in [1.29, 1.82) is 0 Å². The number of rotatable bonds is 8. The van der Waals surface area contributed by atoms with Crippen LogP contribution in [0.25, 0.3) is 0 Å². The molecule has 0 amide bonds. The van der Waals surface area contributed by atoms with Crippen molar-refractivity contribution >= 4 is 5.78 Å². The second-order valence-electron chi connectivity index (χ2n) is 5.30. The second kappa shape index (κ2) is 8.13. The zero-order valence-electron chi connectivity index (χ0n) is 12.2. The van der Waals surface area contributed by atoms with Crippen molar-refractivity contribution in [2.24, 2.45) is 5.92 Å². The van der Waals surface area contributed by atoms with E-state index < -0.39 is 0 Å². The third kappa shape index (κ3) is 4.48. The van der Waals surface area contributed by atoms with E-state index in [0.717, 1.165) is 43.4 Å². The lowest BCUT2D eigenvalue weighted by molar-refractivity contribution is -0.115. The Kier molecular flexibility index (Phi) is 6.82. The molecule has 2 nitrogen and oxygen atoms in total. The highest BCUT2D eigenvalue weighted by molar-refractivity contribution is 5.99. The molecule has 1 unspecified atom stereocenters. The summed E-state index contributed by atoms with van der Waals surface area (Å²) in [6, 6.07) is 0. The van der Waals surface area contributed by atoms with Gasteiger partial charge in [0.1, 0.15) is 0 Å². The van der Waals surface area contributed by atoms with Crippen molar-refractivity contribution in [3.05, 3.63) is 23.4 Å². The van der Waals surface area contributed by atoms with Crippen LogP contribution in [0.4, 0.5) is 4.39 Å². The predicted octanol–water partition coefficient (Wildman–Crippen LogP) is 3.94. The van der Waals surface area contributed by atoms with Gasteiger partial charge in [0.25, 0.3) is 0 Å². The molecule has 0 aromatic heterocycles. The van der Waals surface area contributed by atoms with Crippen LogP contribution in [0.5, 0.6) is 0 Å². The summed E-state index contributed by atoms with van der Waals surface area (Å²) in [5, 5.41) is 3.20. The molecule has 1 aliphatic rings. The first-order valence-corrected chi connectivity index (χ1v) is 7.32. The Morgan fingerprint density at radius 1 is 1.53 bits per heavy atom. The summed E-state index contributed by atoms with van der Waals surface area (Å²) in [6.07, 6.45) is 5.84. The average molecular weight is 267 g/mol. The molecule has 0 heterocycles. The summed E-state index contributed by atoms with van der Waals surface area (Å²) in [7, 11) is 1.90. The van der Waals surface area contributed by atoms with Crippen molar-refractivity contribution in [2.45, 2.75) is 51.9 Å². The maximum Gasteiger partial charge on any atom is 0.162 e. The quantitative estimate of drug-likeness (QED) is 0.675. The molecule has 0 bridgehead atoms. The molecule has 1 aliphatic carbocycles. The number of Topliss-reactive ketones (excluding diaryl/α,β-unsaturated/α-hetero) is 1. The molecule has 0 saturated heterocycles. The Labute approximate surface area is 116 Å². The van der Waals surface area contributed by atoms with Crippen molar-refractivity contribution in [1.82, 2.24) is 5.32 Å². The van der Waals surface area contributed by atoms with E-state index in [-0.39, 0.29) is 12.5 Å². The molecule has 0 radical (unpaired) electrons. The lowest BCUT2D eigenvalue weighted by Crippen LogP contribution is -2.21.